The van der Waals surface area contributed by atoms with Crippen LogP contribution in [0.15, 0.2) is 30.8 Å². The Morgan fingerprint density at radius 3 is 2.40 bits per heavy atom. The summed E-state index contributed by atoms with van der Waals surface area (Å²) in [7, 11) is 1.11. The van der Waals surface area contributed by atoms with Gasteiger partial charge >= 0.3 is 0 Å². The lowest BCUT2D eigenvalue weighted by Gasteiger charge is -2.02. The lowest BCUT2D eigenvalue weighted by Crippen LogP contribution is -2.06. The molecule has 0 N–H and O–H groups in total. The van der Waals surface area contributed by atoms with Crippen LogP contribution < -0.4 is 5.19 Å². The van der Waals surface area contributed by atoms with E-state index < -0.39 is 0 Å². The van der Waals surface area contributed by atoms with Crippen molar-refractivity contribution in [2.45, 2.75) is 6.92 Å². The van der Waals surface area contributed by atoms with Crippen LogP contribution in [0, 0.1) is 0 Å². The molecule has 0 heterocycles. The van der Waals surface area contributed by atoms with Crippen molar-refractivity contribution in [3.05, 3.63) is 36.4 Å². The molecule has 0 radical (unpaired) electrons. The minimum Gasteiger partial charge on any atom is -0.0955 e. The zero-order chi connectivity index (χ0) is 7.56. The number of allylic oxidation sites excluding steroid dienone is 1. The summed E-state index contributed by atoms with van der Waals surface area (Å²) in [5.41, 5.74) is 2.50. The highest BCUT2D eigenvalue weighted by molar-refractivity contribution is 6.34. The van der Waals surface area contributed by atoms with Gasteiger partial charge in [-0.25, -0.2) is 0 Å². The maximum atomic E-state index is 3.91. The van der Waals surface area contributed by atoms with E-state index in [-0.39, 0.29) is 0 Å². The molecule has 52 valence electrons. The molecule has 0 spiro atoms. The Bertz CT molecular complexity index is 251. The Balaban J connectivity index is 3.15. The molecule has 0 saturated carbocycles. The van der Waals surface area contributed by atoms with Gasteiger partial charge in [-0.1, -0.05) is 41.6 Å². The lowest BCUT2D eigenvalue weighted by molar-refractivity contribution is 1.63. The number of rotatable bonds is 1. The quantitative estimate of drug-likeness (QED) is 0.515. The summed E-state index contributed by atoms with van der Waals surface area (Å²) < 4.78 is 0. The van der Waals surface area contributed by atoms with Crippen LogP contribution in [0.3, 0.4) is 0 Å². The third kappa shape index (κ3) is 1.36. The van der Waals surface area contributed by atoms with Crippen LogP contribution in [0.4, 0.5) is 0 Å². The smallest absolute Gasteiger partial charge is 0.0392 e. The van der Waals surface area contributed by atoms with Crippen LogP contribution in [-0.2, 0) is 0 Å². The largest absolute Gasteiger partial charge is 0.0955 e. The van der Waals surface area contributed by atoms with Crippen LogP contribution in [-0.4, -0.2) is 10.2 Å². The molecule has 0 aliphatic rings. The average Bonchev–Trinajstić information content (AvgIpc) is 1.88. The molecule has 0 amide bonds. The van der Waals surface area contributed by atoms with Crippen LogP contribution in [0.2, 0.25) is 0 Å². The maximum absolute atomic E-state index is 3.91. The van der Waals surface area contributed by atoms with Crippen molar-refractivity contribution in [3.8, 4) is 0 Å². The van der Waals surface area contributed by atoms with E-state index in [4.69, 9.17) is 0 Å². The summed E-state index contributed by atoms with van der Waals surface area (Å²) in [4.78, 5) is 0. The van der Waals surface area contributed by atoms with Gasteiger partial charge in [0, 0.05) is 10.2 Å². The number of hydrogen-bond donors (Lipinski definition) is 0. The first-order chi connectivity index (χ1) is 4.72. The third-order valence-electron chi connectivity index (χ3n) is 1.60. The Morgan fingerprint density at radius 1 is 1.40 bits per heavy atom. The van der Waals surface area contributed by atoms with Gasteiger partial charge in [0.1, 0.15) is 0 Å². The highest BCUT2D eigenvalue weighted by Gasteiger charge is 1.93. The van der Waals surface area contributed by atoms with Crippen molar-refractivity contribution >= 4 is 21.0 Å². The van der Waals surface area contributed by atoms with Crippen molar-refractivity contribution < 1.29 is 0 Å². The average molecular weight is 148 g/mol. The van der Waals surface area contributed by atoms with E-state index in [1.165, 1.54) is 16.3 Å². The lowest BCUT2D eigenvalue weighted by atomic mass is 10.1. The molecule has 0 unspecified atom stereocenters. The van der Waals surface area contributed by atoms with Gasteiger partial charge in [0.05, 0.1) is 0 Å². The molecule has 0 atom stereocenters. The van der Waals surface area contributed by atoms with Crippen molar-refractivity contribution in [2.75, 3.05) is 0 Å². The molecule has 0 aliphatic heterocycles. The molecule has 0 saturated heterocycles. The highest BCUT2D eigenvalue weighted by atomic mass is 28.1. The minimum atomic E-state index is 1.11. The molecule has 0 bridgehead atoms. The van der Waals surface area contributed by atoms with Gasteiger partial charge in [-0.15, -0.1) is 0 Å². The molecule has 1 aromatic rings. The van der Waals surface area contributed by atoms with Crippen LogP contribution in [0.5, 0.6) is 0 Å². The van der Waals surface area contributed by atoms with E-state index in [1.807, 2.05) is 0 Å². The predicted octanol–water partition coefficient (Wildman–Crippen LogP) is 0.710. The number of hydrogen-bond acceptors (Lipinski definition) is 0. The highest BCUT2D eigenvalue weighted by Crippen LogP contribution is 2.05. The Morgan fingerprint density at radius 2 is 2.00 bits per heavy atom. The molecule has 0 aromatic heterocycles. The van der Waals surface area contributed by atoms with Crippen molar-refractivity contribution in [2.24, 2.45) is 0 Å². The van der Waals surface area contributed by atoms with E-state index in [2.05, 4.69) is 37.8 Å². The topological polar surface area (TPSA) is 0 Å². The second kappa shape index (κ2) is 2.84. The van der Waals surface area contributed by atoms with Crippen molar-refractivity contribution in [1.29, 1.82) is 0 Å². The molecule has 10 heavy (non-hydrogen) atoms. The van der Waals surface area contributed by atoms with Crippen LogP contribution >= 0.6 is 0 Å². The van der Waals surface area contributed by atoms with E-state index in [9.17, 15) is 0 Å². The van der Waals surface area contributed by atoms with Gasteiger partial charge in [-0.05, 0) is 12.5 Å². The molecule has 0 fully saturated rings. The normalized spacial score (nSPS) is 9.70. The molecule has 0 aliphatic carbocycles. The van der Waals surface area contributed by atoms with Crippen molar-refractivity contribution in [3.63, 3.8) is 0 Å². The standard InChI is InChI=1S/C9H12Si/c1-7(2)8-5-3-4-6-9(8)10/h3-6H,1H2,2,10H3. The monoisotopic (exact) mass is 148 g/mol. The van der Waals surface area contributed by atoms with Crippen molar-refractivity contribution in [1.82, 2.24) is 0 Å². The maximum Gasteiger partial charge on any atom is 0.0392 e. The fourth-order valence-corrected chi connectivity index (χ4v) is 1.84. The first-order valence-electron chi connectivity index (χ1n) is 3.43. The number of benzene rings is 1. The van der Waals surface area contributed by atoms with Gasteiger partial charge in [0.15, 0.2) is 0 Å². The summed E-state index contributed by atoms with van der Waals surface area (Å²) in [6, 6.07) is 8.43. The molecular weight excluding hydrogens is 136 g/mol. The van der Waals surface area contributed by atoms with Gasteiger partial charge in [0.2, 0.25) is 0 Å². The first-order valence-corrected chi connectivity index (χ1v) is 4.43. The summed E-state index contributed by atoms with van der Waals surface area (Å²) in [5, 5.41) is 1.44. The zero-order valence-corrected chi connectivity index (χ0v) is 8.52. The van der Waals surface area contributed by atoms with Gasteiger partial charge < -0.3 is 0 Å². The fraction of sp³-hybridized carbons (Fsp3) is 0.111. The molecule has 1 heteroatoms. The van der Waals surface area contributed by atoms with Crippen LogP contribution in [0.1, 0.15) is 12.5 Å². The second-order valence-corrected chi connectivity index (χ2v) is 3.67. The van der Waals surface area contributed by atoms with E-state index in [1.54, 1.807) is 0 Å². The first kappa shape index (κ1) is 7.29. The summed E-state index contributed by atoms with van der Waals surface area (Å²) in [5.74, 6) is 0. The van der Waals surface area contributed by atoms with E-state index in [0.29, 0.717) is 0 Å². The van der Waals surface area contributed by atoms with E-state index in [0.717, 1.165) is 10.2 Å². The summed E-state index contributed by atoms with van der Waals surface area (Å²) in [6.07, 6.45) is 0. The molecule has 0 nitrogen and oxygen atoms in total. The second-order valence-electron chi connectivity index (χ2n) is 2.60. The van der Waals surface area contributed by atoms with Gasteiger partial charge in [-0.2, -0.15) is 0 Å². The SMILES string of the molecule is C=C(C)c1ccccc1[SiH3]. The summed E-state index contributed by atoms with van der Waals surface area (Å²) >= 11 is 0. The summed E-state index contributed by atoms with van der Waals surface area (Å²) in [6.45, 7) is 5.96. The minimum absolute atomic E-state index is 1.11. The van der Waals surface area contributed by atoms with Crippen LogP contribution in [0.25, 0.3) is 5.57 Å². The molecular formula is C9H12Si. The predicted molar refractivity (Wildman–Crippen MR) is 50.7 cm³/mol. The Labute approximate surface area is 65.0 Å². The Hall–Kier alpha value is -0.823. The molecule has 1 rings (SSSR count). The fourth-order valence-electron chi connectivity index (χ4n) is 1.05. The van der Waals surface area contributed by atoms with E-state index >= 15 is 0 Å². The zero-order valence-electron chi connectivity index (χ0n) is 6.52. The van der Waals surface area contributed by atoms with Gasteiger partial charge in [-0.3, -0.25) is 0 Å². The van der Waals surface area contributed by atoms with Gasteiger partial charge in [0.25, 0.3) is 0 Å². The third-order valence-corrected chi connectivity index (χ3v) is 2.48. The molecule has 1 aromatic carbocycles. The Kier molecular flexibility index (Phi) is 2.07.